The van der Waals surface area contributed by atoms with E-state index in [0.717, 1.165) is 31.2 Å². The van der Waals surface area contributed by atoms with E-state index in [2.05, 4.69) is 31.0 Å². The molecule has 1 saturated heterocycles. The number of carbonyl (C=O) groups is 1. The molecule has 0 radical (unpaired) electrons. The summed E-state index contributed by atoms with van der Waals surface area (Å²) in [5.41, 5.74) is -0.373. The predicted octanol–water partition coefficient (Wildman–Crippen LogP) is 1.79. The largest absolute Gasteiger partial charge is 0.353 e. The van der Waals surface area contributed by atoms with Crippen molar-refractivity contribution in [2.45, 2.75) is 38.3 Å². The third-order valence-electron chi connectivity index (χ3n) is 4.51. The molecule has 0 spiro atoms. The van der Waals surface area contributed by atoms with Gasteiger partial charge in [0.05, 0.1) is 0 Å². The molecular weight excluding hydrogens is 304 g/mol. The molecular formula is C17H22N6O. The van der Waals surface area contributed by atoms with Crippen molar-refractivity contribution in [3.8, 4) is 12.3 Å². The van der Waals surface area contributed by atoms with Crippen molar-refractivity contribution in [3.05, 3.63) is 18.1 Å². The summed E-state index contributed by atoms with van der Waals surface area (Å²) in [6.45, 7) is 4.90. The summed E-state index contributed by atoms with van der Waals surface area (Å²) in [6, 6.07) is 1.91. The maximum atomic E-state index is 12.4. The minimum atomic E-state index is -0.373. The minimum Gasteiger partial charge on any atom is -0.353 e. The van der Waals surface area contributed by atoms with Gasteiger partial charge in [-0.1, -0.05) is 0 Å². The van der Waals surface area contributed by atoms with Crippen LogP contribution in [0, 0.1) is 19.3 Å². The molecule has 0 bridgehead atoms. The second kappa shape index (κ2) is 6.95. The average molecular weight is 326 g/mol. The average Bonchev–Trinajstić information content (AvgIpc) is 3.38. The van der Waals surface area contributed by atoms with Gasteiger partial charge in [-0.3, -0.25) is 4.79 Å². The standard InChI is InChI=1S/C17H22N6O/c1-3-4-7-17(20-21-17)8-5-16(24)23-12-10-22(11-13-23)15-6-9-18-14(2)19-15/h1,6,9H,4-5,7-8,10-13H2,2H3. The van der Waals surface area contributed by atoms with E-state index in [1.807, 2.05) is 17.9 Å². The number of rotatable bonds is 6. The van der Waals surface area contributed by atoms with Gasteiger partial charge in [0.1, 0.15) is 11.6 Å². The second-order valence-corrected chi connectivity index (χ2v) is 6.22. The quantitative estimate of drug-likeness (QED) is 0.747. The number of carbonyl (C=O) groups excluding carboxylic acids is 1. The van der Waals surface area contributed by atoms with Crippen LogP contribution in [0.3, 0.4) is 0 Å². The Labute approximate surface area is 142 Å². The van der Waals surface area contributed by atoms with Crippen molar-refractivity contribution in [1.82, 2.24) is 14.9 Å². The number of terminal acetylenes is 1. The van der Waals surface area contributed by atoms with Crippen LogP contribution in [0.2, 0.25) is 0 Å². The van der Waals surface area contributed by atoms with Crippen LogP contribution in [0.4, 0.5) is 5.82 Å². The zero-order valence-electron chi connectivity index (χ0n) is 14.0. The Morgan fingerprint density at radius 1 is 1.29 bits per heavy atom. The summed E-state index contributed by atoms with van der Waals surface area (Å²) in [7, 11) is 0. The van der Waals surface area contributed by atoms with Gasteiger partial charge >= 0.3 is 0 Å². The molecule has 2 aliphatic heterocycles. The first-order valence-electron chi connectivity index (χ1n) is 8.32. The number of hydrogen-bond acceptors (Lipinski definition) is 6. The monoisotopic (exact) mass is 326 g/mol. The van der Waals surface area contributed by atoms with Crippen LogP contribution in [-0.2, 0) is 4.79 Å². The third-order valence-corrected chi connectivity index (χ3v) is 4.51. The van der Waals surface area contributed by atoms with Gasteiger partial charge in [0.2, 0.25) is 5.91 Å². The molecule has 7 nitrogen and oxygen atoms in total. The molecule has 1 fully saturated rings. The SMILES string of the molecule is C#CCCC1(CCC(=O)N2CCN(c3ccnc(C)n3)CC2)N=N1. The molecule has 1 amide bonds. The first kappa shape index (κ1) is 16.4. The molecule has 0 aromatic carbocycles. The van der Waals surface area contributed by atoms with E-state index in [-0.39, 0.29) is 11.6 Å². The Balaban J connectivity index is 1.45. The first-order valence-corrected chi connectivity index (χ1v) is 8.32. The Kier molecular flexibility index (Phi) is 4.74. The number of aromatic nitrogens is 2. The van der Waals surface area contributed by atoms with Gasteiger partial charge in [-0.2, -0.15) is 10.2 Å². The summed E-state index contributed by atoms with van der Waals surface area (Å²) in [5, 5.41) is 8.17. The molecule has 24 heavy (non-hydrogen) atoms. The third kappa shape index (κ3) is 3.88. The van der Waals surface area contributed by atoms with Gasteiger partial charge in [0.15, 0.2) is 5.66 Å². The van der Waals surface area contributed by atoms with Gasteiger partial charge in [-0.05, 0) is 13.0 Å². The molecule has 7 heteroatoms. The second-order valence-electron chi connectivity index (χ2n) is 6.22. The number of hydrogen-bond donors (Lipinski definition) is 0. The van der Waals surface area contributed by atoms with Crippen LogP contribution in [0.15, 0.2) is 22.5 Å². The number of aryl methyl sites for hydroxylation is 1. The van der Waals surface area contributed by atoms with E-state index in [9.17, 15) is 4.79 Å². The molecule has 1 aromatic heterocycles. The Bertz CT molecular complexity index is 666. The van der Waals surface area contributed by atoms with Crippen molar-refractivity contribution in [3.63, 3.8) is 0 Å². The molecule has 126 valence electrons. The molecule has 0 aliphatic carbocycles. The lowest BCUT2D eigenvalue weighted by Crippen LogP contribution is -2.49. The Morgan fingerprint density at radius 2 is 2.04 bits per heavy atom. The lowest BCUT2D eigenvalue weighted by molar-refractivity contribution is -0.131. The van der Waals surface area contributed by atoms with Crippen LogP contribution >= 0.6 is 0 Å². The fourth-order valence-corrected chi connectivity index (χ4v) is 2.94. The molecule has 0 unspecified atom stereocenters. The summed E-state index contributed by atoms with van der Waals surface area (Å²) < 4.78 is 0. The number of nitrogens with zero attached hydrogens (tertiary/aromatic N) is 6. The molecule has 0 saturated carbocycles. The molecule has 0 atom stereocenters. The van der Waals surface area contributed by atoms with Gasteiger partial charge in [0, 0.05) is 58.1 Å². The topological polar surface area (TPSA) is 74.1 Å². The van der Waals surface area contributed by atoms with Crippen molar-refractivity contribution in [2.75, 3.05) is 31.1 Å². The number of anilines is 1. The van der Waals surface area contributed by atoms with Crippen LogP contribution < -0.4 is 4.90 Å². The van der Waals surface area contributed by atoms with E-state index in [1.54, 1.807) is 6.20 Å². The highest BCUT2D eigenvalue weighted by atomic mass is 16.2. The van der Waals surface area contributed by atoms with Crippen molar-refractivity contribution in [2.24, 2.45) is 10.2 Å². The Morgan fingerprint density at radius 3 is 2.67 bits per heavy atom. The van der Waals surface area contributed by atoms with Gasteiger partial charge < -0.3 is 9.80 Å². The summed E-state index contributed by atoms with van der Waals surface area (Å²) in [4.78, 5) is 25.1. The summed E-state index contributed by atoms with van der Waals surface area (Å²) in [5.74, 6) is 4.47. The Hall–Kier alpha value is -2.49. The van der Waals surface area contributed by atoms with E-state index in [4.69, 9.17) is 6.42 Å². The maximum Gasteiger partial charge on any atom is 0.222 e. The zero-order valence-corrected chi connectivity index (χ0v) is 14.0. The molecule has 2 aliphatic rings. The lowest BCUT2D eigenvalue weighted by Gasteiger charge is -2.35. The van der Waals surface area contributed by atoms with Crippen LogP contribution in [0.5, 0.6) is 0 Å². The smallest absolute Gasteiger partial charge is 0.222 e. The fraction of sp³-hybridized carbons (Fsp3) is 0.588. The minimum absolute atomic E-state index is 0.172. The molecule has 3 heterocycles. The number of amides is 1. The summed E-state index contributed by atoms with van der Waals surface area (Å²) >= 11 is 0. The highest BCUT2D eigenvalue weighted by molar-refractivity contribution is 5.76. The van der Waals surface area contributed by atoms with E-state index >= 15 is 0 Å². The van der Waals surface area contributed by atoms with E-state index < -0.39 is 0 Å². The normalized spacial score (nSPS) is 18.3. The van der Waals surface area contributed by atoms with E-state index in [0.29, 0.717) is 32.4 Å². The van der Waals surface area contributed by atoms with Crippen LogP contribution in [0.1, 0.15) is 31.5 Å². The zero-order chi connectivity index (χ0) is 17.0. The summed E-state index contributed by atoms with van der Waals surface area (Å²) in [6.07, 6.45) is 9.60. The van der Waals surface area contributed by atoms with Crippen molar-refractivity contribution in [1.29, 1.82) is 0 Å². The highest BCUT2D eigenvalue weighted by Crippen LogP contribution is 2.37. The van der Waals surface area contributed by atoms with Crippen LogP contribution in [0.25, 0.3) is 0 Å². The van der Waals surface area contributed by atoms with E-state index in [1.165, 1.54) is 0 Å². The van der Waals surface area contributed by atoms with Gasteiger partial charge in [-0.15, -0.1) is 12.3 Å². The highest BCUT2D eigenvalue weighted by Gasteiger charge is 2.39. The maximum absolute atomic E-state index is 12.4. The van der Waals surface area contributed by atoms with Gasteiger partial charge in [-0.25, -0.2) is 9.97 Å². The fourth-order valence-electron chi connectivity index (χ4n) is 2.94. The predicted molar refractivity (Wildman–Crippen MR) is 90.5 cm³/mol. The van der Waals surface area contributed by atoms with Crippen molar-refractivity contribution < 1.29 is 4.79 Å². The number of piperazine rings is 1. The first-order chi connectivity index (χ1) is 11.6. The van der Waals surface area contributed by atoms with Crippen LogP contribution in [-0.4, -0.2) is 52.6 Å². The van der Waals surface area contributed by atoms with Crippen molar-refractivity contribution >= 4 is 11.7 Å². The molecule has 1 aromatic rings. The van der Waals surface area contributed by atoms with Gasteiger partial charge in [0.25, 0.3) is 0 Å². The lowest BCUT2D eigenvalue weighted by atomic mass is 10.0. The molecule has 0 N–H and O–H groups in total. The molecule has 3 rings (SSSR count).